The van der Waals surface area contributed by atoms with Crippen LogP contribution in [-0.4, -0.2) is 25.4 Å². The Labute approximate surface area is 121 Å². The summed E-state index contributed by atoms with van der Waals surface area (Å²) in [7, 11) is 0. The van der Waals surface area contributed by atoms with E-state index in [0.717, 1.165) is 21.8 Å². The summed E-state index contributed by atoms with van der Waals surface area (Å²) < 4.78 is 0. The molecule has 0 radical (unpaired) electrons. The van der Waals surface area contributed by atoms with Crippen LogP contribution in [0, 0.1) is 0 Å². The van der Waals surface area contributed by atoms with Crippen molar-refractivity contribution < 1.29 is 5.48 Å². The minimum absolute atomic E-state index is 0. The van der Waals surface area contributed by atoms with Crippen molar-refractivity contribution in [3.05, 3.63) is 73.6 Å². The first-order chi connectivity index (χ1) is 9.93. The Bertz CT molecular complexity index is 634. The Hall–Kier alpha value is -2.92. The maximum absolute atomic E-state index is 4.07. The summed E-state index contributed by atoms with van der Waals surface area (Å²) in [5.41, 5.74) is 2.00. The average molecular weight is 278 g/mol. The van der Waals surface area contributed by atoms with Crippen LogP contribution in [0.1, 0.15) is 0 Å². The number of aromatic nitrogens is 4. The van der Waals surface area contributed by atoms with Gasteiger partial charge in [-0.05, 0) is 12.1 Å². The Morgan fingerprint density at radius 1 is 0.571 bits per heavy atom. The van der Waals surface area contributed by atoms with Gasteiger partial charge in [-0.25, -0.2) is 19.9 Å². The highest BCUT2D eigenvalue weighted by molar-refractivity contribution is 5.77. The fraction of sp³-hybridized carbons (Fsp3) is 0. The third-order valence-corrected chi connectivity index (χ3v) is 2.83. The molecular formula is C16H14N4O. The summed E-state index contributed by atoms with van der Waals surface area (Å²) in [6.45, 7) is 0. The van der Waals surface area contributed by atoms with Crippen molar-refractivity contribution in [1.82, 2.24) is 19.9 Å². The number of rotatable bonds is 0. The molecule has 0 aliphatic rings. The van der Waals surface area contributed by atoms with Gasteiger partial charge in [0.05, 0.1) is 11.0 Å². The SMILES string of the molecule is O.c1ccc2ncncc2c1.c1ccc2ncncc2c1. The molecule has 0 fully saturated rings. The highest BCUT2D eigenvalue weighted by Crippen LogP contribution is 2.07. The topological polar surface area (TPSA) is 83.1 Å². The summed E-state index contributed by atoms with van der Waals surface area (Å²) >= 11 is 0. The van der Waals surface area contributed by atoms with Crippen molar-refractivity contribution in [2.24, 2.45) is 0 Å². The highest BCUT2D eigenvalue weighted by atomic mass is 16.0. The van der Waals surface area contributed by atoms with E-state index >= 15 is 0 Å². The second-order valence-electron chi connectivity index (χ2n) is 4.16. The first kappa shape index (κ1) is 14.5. The molecule has 0 bridgehead atoms. The number of benzene rings is 2. The molecule has 4 aromatic rings. The van der Waals surface area contributed by atoms with E-state index in [4.69, 9.17) is 0 Å². The van der Waals surface area contributed by atoms with Crippen LogP contribution < -0.4 is 0 Å². The molecule has 2 aromatic carbocycles. The van der Waals surface area contributed by atoms with Gasteiger partial charge in [-0.3, -0.25) is 0 Å². The first-order valence-corrected chi connectivity index (χ1v) is 6.23. The molecule has 5 nitrogen and oxygen atoms in total. The van der Waals surface area contributed by atoms with E-state index in [1.54, 1.807) is 12.7 Å². The van der Waals surface area contributed by atoms with Crippen molar-refractivity contribution in [1.29, 1.82) is 0 Å². The van der Waals surface area contributed by atoms with Crippen molar-refractivity contribution in [2.75, 3.05) is 0 Å². The standard InChI is InChI=1S/2C8H6N2.H2O/c2*1-2-4-8-7(3-1)5-9-6-10-8;/h2*1-6H;1H2. The zero-order valence-electron chi connectivity index (χ0n) is 11.2. The van der Waals surface area contributed by atoms with Gasteiger partial charge in [0.25, 0.3) is 0 Å². The van der Waals surface area contributed by atoms with Crippen LogP contribution >= 0.6 is 0 Å². The molecule has 4 rings (SSSR count). The van der Waals surface area contributed by atoms with Gasteiger partial charge in [0.2, 0.25) is 0 Å². The minimum atomic E-state index is 0. The Balaban J connectivity index is 0.000000147. The van der Waals surface area contributed by atoms with Crippen LogP contribution in [0.25, 0.3) is 21.8 Å². The largest absolute Gasteiger partial charge is 0.412 e. The number of fused-ring (bicyclic) bond motifs is 2. The number of para-hydroxylation sites is 2. The quantitative estimate of drug-likeness (QED) is 0.494. The van der Waals surface area contributed by atoms with Crippen LogP contribution in [-0.2, 0) is 0 Å². The van der Waals surface area contributed by atoms with Gasteiger partial charge < -0.3 is 5.48 Å². The molecule has 21 heavy (non-hydrogen) atoms. The van der Waals surface area contributed by atoms with Gasteiger partial charge in [-0.1, -0.05) is 36.4 Å². The molecule has 0 atom stereocenters. The lowest BCUT2D eigenvalue weighted by molar-refractivity contribution is 0.824. The van der Waals surface area contributed by atoms with Crippen molar-refractivity contribution in [3.8, 4) is 0 Å². The van der Waals surface area contributed by atoms with E-state index in [0.29, 0.717) is 0 Å². The fourth-order valence-corrected chi connectivity index (χ4v) is 1.85. The Kier molecular flexibility index (Phi) is 4.84. The molecule has 0 aliphatic carbocycles. The molecule has 2 heterocycles. The minimum Gasteiger partial charge on any atom is -0.412 e. The molecule has 0 saturated heterocycles. The summed E-state index contributed by atoms with van der Waals surface area (Å²) in [4.78, 5) is 15.9. The number of nitrogens with zero attached hydrogens (tertiary/aromatic N) is 4. The third kappa shape index (κ3) is 3.55. The number of hydrogen-bond donors (Lipinski definition) is 0. The zero-order chi connectivity index (χ0) is 13.6. The van der Waals surface area contributed by atoms with Crippen LogP contribution in [0.2, 0.25) is 0 Å². The highest BCUT2D eigenvalue weighted by Gasteiger charge is 1.88. The third-order valence-electron chi connectivity index (χ3n) is 2.83. The number of hydrogen-bond acceptors (Lipinski definition) is 4. The van der Waals surface area contributed by atoms with Gasteiger partial charge in [-0.2, -0.15) is 0 Å². The van der Waals surface area contributed by atoms with Gasteiger partial charge in [0.15, 0.2) is 0 Å². The molecule has 2 aromatic heterocycles. The second kappa shape index (κ2) is 7.02. The molecule has 2 N–H and O–H groups in total. The summed E-state index contributed by atoms with van der Waals surface area (Å²) in [5.74, 6) is 0. The van der Waals surface area contributed by atoms with Crippen LogP contribution in [0.15, 0.2) is 73.6 Å². The van der Waals surface area contributed by atoms with Crippen molar-refractivity contribution in [2.45, 2.75) is 0 Å². The summed E-state index contributed by atoms with van der Waals surface area (Å²) in [6.07, 6.45) is 6.73. The lowest BCUT2D eigenvalue weighted by Gasteiger charge is -1.90. The van der Waals surface area contributed by atoms with Gasteiger partial charge in [0, 0.05) is 23.2 Å². The van der Waals surface area contributed by atoms with Crippen LogP contribution in [0.4, 0.5) is 0 Å². The van der Waals surface area contributed by atoms with E-state index < -0.39 is 0 Å². The average Bonchev–Trinajstić information content (AvgIpc) is 2.56. The van der Waals surface area contributed by atoms with E-state index in [2.05, 4.69) is 19.9 Å². The van der Waals surface area contributed by atoms with Crippen LogP contribution in [0.5, 0.6) is 0 Å². The van der Waals surface area contributed by atoms with E-state index in [1.807, 2.05) is 60.9 Å². The maximum Gasteiger partial charge on any atom is 0.116 e. The molecule has 0 spiro atoms. The van der Waals surface area contributed by atoms with E-state index in [9.17, 15) is 0 Å². The van der Waals surface area contributed by atoms with Gasteiger partial charge >= 0.3 is 0 Å². The molecule has 5 heteroatoms. The van der Waals surface area contributed by atoms with Crippen molar-refractivity contribution >= 4 is 21.8 Å². The molecule has 0 aliphatic heterocycles. The van der Waals surface area contributed by atoms with Gasteiger partial charge in [-0.15, -0.1) is 0 Å². The Morgan fingerprint density at radius 3 is 1.43 bits per heavy atom. The fourth-order valence-electron chi connectivity index (χ4n) is 1.85. The molecular weight excluding hydrogens is 264 g/mol. The van der Waals surface area contributed by atoms with Crippen LogP contribution in [0.3, 0.4) is 0 Å². The predicted octanol–water partition coefficient (Wildman–Crippen LogP) is 2.43. The predicted molar refractivity (Wildman–Crippen MR) is 82.7 cm³/mol. The molecule has 0 amide bonds. The lowest BCUT2D eigenvalue weighted by Crippen LogP contribution is -1.77. The summed E-state index contributed by atoms with van der Waals surface area (Å²) in [6, 6.07) is 15.8. The Morgan fingerprint density at radius 2 is 1.00 bits per heavy atom. The first-order valence-electron chi connectivity index (χ1n) is 6.23. The zero-order valence-corrected chi connectivity index (χ0v) is 11.2. The van der Waals surface area contributed by atoms with Crippen molar-refractivity contribution in [3.63, 3.8) is 0 Å². The second-order valence-corrected chi connectivity index (χ2v) is 4.16. The normalized spacial score (nSPS) is 9.52. The van der Waals surface area contributed by atoms with E-state index in [-0.39, 0.29) is 5.48 Å². The molecule has 0 saturated carbocycles. The molecule has 104 valence electrons. The van der Waals surface area contributed by atoms with E-state index in [1.165, 1.54) is 0 Å². The van der Waals surface area contributed by atoms with Gasteiger partial charge in [0.1, 0.15) is 12.7 Å². The smallest absolute Gasteiger partial charge is 0.116 e. The monoisotopic (exact) mass is 278 g/mol. The summed E-state index contributed by atoms with van der Waals surface area (Å²) in [5, 5.41) is 2.18. The molecule has 0 unspecified atom stereocenters. The maximum atomic E-state index is 4.07. The lowest BCUT2D eigenvalue weighted by atomic mass is 10.2.